The van der Waals surface area contributed by atoms with Crippen molar-refractivity contribution in [3.63, 3.8) is 0 Å². The summed E-state index contributed by atoms with van der Waals surface area (Å²) < 4.78 is 6.69. The molecule has 1 amide bonds. The van der Waals surface area contributed by atoms with Crippen molar-refractivity contribution < 1.29 is 32.8 Å². The Labute approximate surface area is 235 Å². The summed E-state index contributed by atoms with van der Waals surface area (Å²) in [6, 6.07) is 21.5. The van der Waals surface area contributed by atoms with Gasteiger partial charge in [-0.3, -0.25) is 4.79 Å². The van der Waals surface area contributed by atoms with Crippen molar-refractivity contribution in [2.45, 2.75) is 38.8 Å². The molecule has 7 heteroatoms. The van der Waals surface area contributed by atoms with Gasteiger partial charge in [0.05, 0.1) is 6.04 Å². The van der Waals surface area contributed by atoms with Gasteiger partial charge in [0.1, 0.15) is 0 Å². The number of alkyl halides is 4. The van der Waals surface area contributed by atoms with Crippen LogP contribution in [0.25, 0.3) is 11.1 Å². The Morgan fingerprint density at radius 3 is 2.29 bits per heavy atom. The molecule has 3 aromatic carbocycles. The Balaban J connectivity index is 1.55. The summed E-state index contributed by atoms with van der Waals surface area (Å²) in [7, 11) is 0. The number of hydrogen-bond donors (Lipinski definition) is 1. The quantitative estimate of drug-likeness (QED) is 0.175. The van der Waals surface area contributed by atoms with E-state index in [1.165, 1.54) is 4.43 Å². The number of fused-ring (bicyclic) bond motifs is 1. The minimum absolute atomic E-state index is 0.0306. The van der Waals surface area contributed by atoms with Gasteiger partial charge >= 0.3 is 131 Å². The molecule has 4 rings (SSSR count). The van der Waals surface area contributed by atoms with E-state index in [0.717, 1.165) is 40.9 Å². The number of esters is 1. The molecule has 2 atom stereocenters. The summed E-state index contributed by atoms with van der Waals surface area (Å²) in [5, 5.41) is 4.33. The van der Waals surface area contributed by atoms with Gasteiger partial charge in [-0.25, -0.2) is 0 Å². The molecule has 3 aromatic rings. The molecule has 0 bridgehead atoms. The van der Waals surface area contributed by atoms with Crippen molar-refractivity contribution in [3.8, 4) is 11.1 Å². The number of anilines is 2. The number of halogens is 2. The van der Waals surface area contributed by atoms with Crippen molar-refractivity contribution >= 4 is 34.9 Å². The van der Waals surface area contributed by atoms with Gasteiger partial charge in [-0.1, -0.05) is 11.6 Å². The van der Waals surface area contributed by atoms with Crippen LogP contribution in [0, 0.1) is 0 Å². The zero-order valence-electron chi connectivity index (χ0n) is 22.8. The Morgan fingerprint density at radius 1 is 1.00 bits per heavy atom. The normalized spacial score (nSPS) is 17.5. The summed E-state index contributed by atoms with van der Waals surface area (Å²) in [5.41, 5.74) is 5.56. The van der Waals surface area contributed by atoms with Crippen molar-refractivity contribution in [2.24, 2.45) is 0 Å². The SMILES string of the molecule is CC(=O)N1c2ccc(-c3ccc(C(=O)OCCC[I-](C)(C)C)cc3)cc2[C@H](Nc2ccc(Cl)cc2)C[C@@H]1C. The second kappa shape index (κ2) is 12.1. The number of benzene rings is 3. The van der Waals surface area contributed by atoms with E-state index in [-0.39, 0.29) is 24.0 Å². The zero-order valence-corrected chi connectivity index (χ0v) is 25.7. The van der Waals surface area contributed by atoms with Gasteiger partial charge in [0.2, 0.25) is 5.91 Å². The van der Waals surface area contributed by atoms with E-state index in [4.69, 9.17) is 16.3 Å². The van der Waals surface area contributed by atoms with Gasteiger partial charge in [0, 0.05) is 29.4 Å². The average molecular weight is 648 g/mol. The molecular formula is C31H37ClIN2O3-. The molecule has 1 N–H and O–H groups in total. The van der Waals surface area contributed by atoms with Gasteiger partial charge < -0.3 is 10.2 Å². The monoisotopic (exact) mass is 647 g/mol. The van der Waals surface area contributed by atoms with Gasteiger partial charge in [0.25, 0.3) is 0 Å². The van der Waals surface area contributed by atoms with Gasteiger partial charge in [0.15, 0.2) is 0 Å². The molecule has 5 nitrogen and oxygen atoms in total. The molecule has 0 aromatic heterocycles. The van der Waals surface area contributed by atoms with Crippen LogP contribution in [0.15, 0.2) is 66.7 Å². The van der Waals surface area contributed by atoms with Crippen LogP contribution in [0.5, 0.6) is 0 Å². The Hall–Kier alpha value is -2.58. The van der Waals surface area contributed by atoms with Crippen LogP contribution < -0.4 is 28.7 Å². The van der Waals surface area contributed by atoms with Gasteiger partial charge in [-0.15, -0.1) is 0 Å². The van der Waals surface area contributed by atoms with E-state index in [1.54, 1.807) is 6.92 Å². The van der Waals surface area contributed by atoms with Crippen LogP contribution in [0.4, 0.5) is 11.4 Å². The van der Waals surface area contributed by atoms with Crippen LogP contribution in [0.2, 0.25) is 5.02 Å². The molecule has 0 fully saturated rings. The molecule has 0 saturated carbocycles. The summed E-state index contributed by atoms with van der Waals surface area (Å²) >= 11 is 4.55. The minimum Gasteiger partial charge on any atom is -0.378 e. The molecule has 0 aliphatic carbocycles. The molecule has 0 saturated heterocycles. The first-order valence-electron chi connectivity index (χ1n) is 12.8. The summed E-state index contributed by atoms with van der Waals surface area (Å²) in [6.07, 6.45) is 1.71. The molecule has 1 heterocycles. The first-order valence-corrected chi connectivity index (χ1v) is 21.2. The molecule has 204 valence electrons. The van der Waals surface area contributed by atoms with Crippen molar-refractivity contribution in [3.05, 3.63) is 82.9 Å². The standard InChI is InChI=1S/C31H37ClIN2O3/c1-21-19-29(34-27-14-12-26(32)13-15-27)28-20-25(11-16-30(28)35(21)22(2)36)23-7-9-24(10-8-23)31(37)38-18-6-17-33(3,4)5/h7-16,20-21,29,34H,6,17-19H2,1-5H3/q-1/t21-,29+/m0/s1. The molecule has 38 heavy (non-hydrogen) atoms. The third kappa shape index (κ3) is 7.08. The van der Waals surface area contributed by atoms with Crippen LogP contribution in [-0.2, 0) is 9.53 Å². The number of hydrogen-bond acceptors (Lipinski definition) is 4. The number of rotatable bonds is 8. The zero-order chi connectivity index (χ0) is 27.4. The van der Waals surface area contributed by atoms with E-state index < -0.39 is 18.4 Å². The third-order valence-corrected chi connectivity index (χ3v) is 11.0. The van der Waals surface area contributed by atoms with Gasteiger partial charge in [-0.05, 0) is 37.6 Å². The molecule has 0 unspecified atom stereocenters. The van der Waals surface area contributed by atoms with Crippen LogP contribution in [0.1, 0.15) is 48.7 Å². The van der Waals surface area contributed by atoms with Crippen LogP contribution >= 0.6 is 11.6 Å². The smallest absolute Gasteiger partial charge is 0.378 e. The second-order valence-corrected chi connectivity index (χ2v) is 23.2. The number of ether oxygens (including phenoxy) is 1. The number of amides is 1. The van der Waals surface area contributed by atoms with E-state index in [0.29, 0.717) is 17.2 Å². The van der Waals surface area contributed by atoms with Crippen LogP contribution in [0.3, 0.4) is 0 Å². The maximum absolute atomic E-state index is 12.5. The first kappa shape index (κ1) is 28.4. The fraction of sp³-hybridized carbons (Fsp3) is 0.355. The van der Waals surface area contributed by atoms with Crippen molar-refractivity contribution in [1.82, 2.24) is 0 Å². The topological polar surface area (TPSA) is 58.6 Å². The molecule has 1 aliphatic heterocycles. The summed E-state index contributed by atoms with van der Waals surface area (Å²) in [6.45, 7) is 4.17. The predicted molar refractivity (Wildman–Crippen MR) is 154 cm³/mol. The number of carbonyl (C=O) groups is 2. The Bertz CT molecular complexity index is 1290. The van der Waals surface area contributed by atoms with Gasteiger partial charge in [-0.2, -0.15) is 0 Å². The Kier molecular flexibility index (Phi) is 9.04. The average Bonchev–Trinajstić information content (AvgIpc) is 2.87. The molecule has 0 radical (unpaired) electrons. The minimum atomic E-state index is -1.53. The van der Waals surface area contributed by atoms with E-state index in [2.05, 4.69) is 33.1 Å². The first-order chi connectivity index (χ1) is 18.0. The molecule has 1 aliphatic rings. The van der Waals surface area contributed by atoms with E-state index in [9.17, 15) is 9.59 Å². The van der Waals surface area contributed by atoms with E-state index in [1.807, 2.05) is 65.6 Å². The predicted octanol–water partition coefficient (Wildman–Crippen LogP) is 3.90. The fourth-order valence-electron chi connectivity index (χ4n) is 4.91. The number of nitrogens with one attached hydrogen (secondary N) is 1. The third-order valence-electron chi connectivity index (χ3n) is 6.74. The fourth-order valence-corrected chi connectivity index (χ4v) is 7.64. The maximum atomic E-state index is 12.5. The van der Waals surface area contributed by atoms with Crippen LogP contribution in [-0.4, -0.2) is 43.7 Å². The number of nitrogens with zero attached hydrogens (tertiary/aromatic N) is 1. The molecule has 0 spiro atoms. The second-order valence-electron chi connectivity index (χ2n) is 10.6. The molecular weight excluding hydrogens is 611 g/mol. The summed E-state index contributed by atoms with van der Waals surface area (Å²) in [5.74, 6) is -0.245. The Morgan fingerprint density at radius 2 is 1.66 bits per heavy atom. The summed E-state index contributed by atoms with van der Waals surface area (Å²) in [4.78, 5) is 34.0. The van der Waals surface area contributed by atoms with Crippen molar-refractivity contribution in [2.75, 3.05) is 36.0 Å². The number of carbonyl (C=O) groups excluding carboxylic acids is 2. The van der Waals surface area contributed by atoms with E-state index >= 15 is 0 Å². The van der Waals surface area contributed by atoms with Crippen molar-refractivity contribution in [1.29, 1.82) is 0 Å².